The van der Waals surface area contributed by atoms with E-state index < -0.39 is 0 Å². The summed E-state index contributed by atoms with van der Waals surface area (Å²) in [4.78, 5) is 6.82. The van der Waals surface area contributed by atoms with Gasteiger partial charge in [0.2, 0.25) is 0 Å². The van der Waals surface area contributed by atoms with Crippen LogP contribution in [0.2, 0.25) is 0 Å². The van der Waals surface area contributed by atoms with Crippen molar-refractivity contribution in [2.24, 2.45) is 0 Å². The minimum absolute atomic E-state index is 0.00463. The van der Waals surface area contributed by atoms with Gasteiger partial charge in [0.1, 0.15) is 5.75 Å². The molecule has 2 aromatic heterocycles. The Kier molecular flexibility index (Phi) is 5.30. The lowest BCUT2D eigenvalue weighted by molar-refractivity contribution is 0.321. The Balaban J connectivity index is 1.74. The van der Waals surface area contributed by atoms with Gasteiger partial charge in [0.15, 0.2) is 5.11 Å². The first-order chi connectivity index (χ1) is 13.7. The van der Waals surface area contributed by atoms with E-state index in [2.05, 4.69) is 63.2 Å². The Morgan fingerprint density at radius 3 is 2.57 bits per heavy atom. The topological polar surface area (TPSA) is 42.3 Å². The fourth-order valence-electron chi connectivity index (χ4n) is 3.81. The number of nitrogens with zero attached hydrogens (tertiary/aromatic N) is 3. The van der Waals surface area contributed by atoms with Crippen LogP contribution in [0.4, 0.5) is 0 Å². The lowest BCUT2D eigenvalue weighted by atomic mass is 10.0. The third-order valence-corrected chi connectivity index (χ3v) is 5.40. The van der Waals surface area contributed by atoms with Crippen molar-refractivity contribution < 1.29 is 4.74 Å². The monoisotopic (exact) mass is 392 g/mol. The zero-order chi connectivity index (χ0) is 19.5. The Hall–Kier alpha value is -2.86. The molecule has 0 aliphatic carbocycles. The minimum Gasteiger partial charge on any atom is -0.494 e. The molecule has 0 saturated carbocycles. The number of benzene rings is 1. The largest absolute Gasteiger partial charge is 0.494 e. The normalized spacial score (nSPS) is 18.9. The third kappa shape index (κ3) is 3.36. The number of hydrogen-bond acceptors (Lipinski definition) is 3. The molecule has 0 amide bonds. The van der Waals surface area contributed by atoms with E-state index in [1.165, 1.54) is 5.69 Å². The van der Waals surface area contributed by atoms with Crippen molar-refractivity contribution in [3.05, 3.63) is 78.4 Å². The van der Waals surface area contributed by atoms with Gasteiger partial charge in [-0.25, -0.2) is 0 Å². The number of hydrogen-bond donors (Lipinski definition) is 1. The molecule has 1 fully saturated rings. The van der Waals surface area contributed by atoms with Crippen molar-refractivity contribution in [2.75, 3.05) is 13.2 Å². The van der Waals surface area contributed by atoms with Crippen LogP contribution >= 0.6 is 12.2 Å². The number of aromatic nitrogens is 2. The second-order valence-electron chi connectivity index (χ2n) is 6.64. The van der Waals surface area contributed by atoms with Crippen molar-refractivity contribution in [1.29, 1.82) is 0 Å². The molecule has 5 nitrogen and oxygen atoms in total. The van der Waals surface area contributed by atoms with E-state index >= 15 is 0 Å². The van der Waals surface area contributed by atoms with Gasteiger partial charge in [-0.15, -0.1) is 0 Å². The fraction of sp³-hybridized carbons (Fsp3) is 0.273. The van der Waals surface area contributed by atoms with Crippen LogP contribution in [0.25, 0.3) is 5.69 Å². The molecule has 1 aliphatic rings. The molecule has 3 heterocycles. The fourth-order valence-corrected chi connectivity index (χ4v) is 4.18. The highest BCUT2D eigenvalue weighted by Crippen LogP contribution is 2.39. The molecular formula is C22H24N4OS. The quantitative estimate of drug-likeness (QED) is 0.635. The summed E-state index contributed by atoms with van der Waals surface area (Å²) in [6, 6.07) is 18.5. The molecule has 0 bridgehead atoms. The van der Waals surface area contributed by atoms with Gasteiger partial charge < -0.3 is 19.5 Å². The molecule has 1 aromatic carbocycles. The van der Waals surface area contributed by atoms with Gasteiger partial charge in [-0.2, -0.15) is 0 Å². The van der Waals surface area contributed by atoms with Crippen LogP contribution in [-0.2, 0) is 0 Å². The Labute approximate surface area is 171 Å². The zero-order valence-electron chi connectivity index (χ0n) is 16.1. The number of likely N-dealkylation sites (N-methyl/N-ethyl adjacent to an activating group) is 1. The van der Waals surface area contributed by atoms with Crippen LogP contribution in [0.1, 0.15) is 37.3 Å². The average molecular weight is 393 g/mol. The maximum Gasteiger partial charge on any atom is 0.170 e. The van der Waals surface area contributed by atoms with Crippen LogP contribution in [0.5, 0.6) is 5.75 Å². The van der Waals surface area contributed by atoms with E-state index in [-0.39, 0.29) is 12.1 Å². The maximum atomic E-state index is 5.64. The summed E-state index contributed by atoms with van der Waals surface area (Å²) in [7, 11) is 0. The highest BCUT2D eigenvalue weighted by atomic mass is 32.1. The second kappa shape index (κ2) is 8.02. The maximum absolute atomic E-state index is 5.64. The summed E-state index contributed by atoms with van der Waals surface area (Å²) in [6.07, 6.45) is 3.92. The molecule has 0 spiro atoms. The van der Waals surface area contributed by atoms with Crippen molar-refractivity contribution in [3.8, 4) is 11.4 Å². The molecule has 144 valence electrons. The molecule has 3 aromatic rings. The zero-order valence-corrected chi connectivity index (χ0v) is 16.9. The van der Waals surface area contributed by atoms with E-state index in [1.807, 2.05) is 37.4 Å². The lowest BCUT2D eigenvalue weighted by Gasteiger charge is -2.28. The van der Waals surface area contributed by atoms with Crippen LogP contribution in [-0.4, -0.2) is 32.7 Å². The van der Waals surface area contributed by atoms with Crippen LogP contribution in [0, 0.1) is 0 Å². The SMILES string of the molecule is CCOc1ccc(-n2cccc2[C@@H]2[C@H](c3ccccn3)NC(=S)N2CC)cc1. The van der Waals surface area contributed by atoms with Gasteiger partial charge >= 0.3 is 0 Å². The van der Waals surface area contributed by atoms with E-state index in [4.69, 9.17) is 17.0 Å². The van der Waals surface area contributed by atoms with Gasteiger partial charge in [0.25, 0.3) is 0 Å². The van der Waals surface area contributed by atoms with E-state index in [9.17, 15) is 0 Å². The Morgan fingerprint density at radius 1 is 1.07 bits per heavy atom. The predicted molar refractivity (Wildman–Crippen MR) is 115 cm³/mol. The summed E-state index contributed by atoms with van der Waals surface area (Å²) in [5, 5.41) is 4.24. The molecule has 0 radical (unpaired) electrons. The number of rotatable bonds is 6. The first kappa shape index (κ1) is 18.5. The second-order valence-corrected chi connectivity index (χ2v) is 7.03. The molecule has 1 saturated heterocycles. The number of nitrogens with one attached hydrogen (secondary N) is 1. The summed E-state index contributed by atoms with van der Waals surface area (Å²) < 4.78 is 7.80. The van der Waals surface area contributed by atoms with Gasteiger partial charge in [-0.05, 0) is 74.6 Å². The lowest BCUT2D eigenvalue weighted by Crippen LogP contribution is -2.30. The number of pyridine rings is 1. The smallest absolute Gasteiger partial charge is 0.170 e. The molecule has 1 aliphatic heterocycles. The van der Waals surface area contributed by atoms with Gasteiger partial charge in [0, 0.05) is 30.3 Å². The van der Waals surface area contributed by atoms with Gasteiger partial charge in [0.05, 0.1) is 24.4 Å². The molecule has 1 N–H and O–H groups in total. The summed E-state index contributed by atoms with van der Waals surface area (Å²) in [6.45, 7) is 5.61. The molecule has 4 rings (SSSR count). The highest BCUT2D eigenvalue weighted by molar-refractivity contribution is 7.80. The van der Waals surface area contributed by atoms with Crippen molar-refractivity contribution in [3.63, 3.8) is 0 Å². The standard InChI is InChI=1S/C22H24N4OS/c1-3-25-21(20(24-22(25)28)18-8-5-6-14-23-18)19-9-7-15-26(19)16-10-12-17(13-11-16)27-4-2/h5-15,20-21H,3-4H2,1-2H3,(H,24,28)/t20-,21+/m0/s1. The van der Waals surface area contributed by atoms with Crippen LogP contribution in [0.3, 0.4) is 0 Å². The summed E-state index contributed by atoms with van der Waals surface area (Å²) in [5.74, 6) is 0.880. The van der Waals surface area contributed by atoms with Crippen molar-refractivity contribution in [2.45, 2.75) is 25.9 Å². The molecule has 28 heavy (non-hydrogen) atoms. The van der Waals surface area contributed by atoms with E-state index in [0.29, 0.717) is 6.61 Å². The predicted octanol–water partition coefficient (Wildman–Crippen LogP) is 4.26. The van der Waals surface area contributed by atoms with Gasteiger partial charge in [-0.3, -0.25) is 4.98 Å². The minimum atomic E-state index is 0.00463. The Bertz CT molecular complexity index is 939. The van der Waals surface area contributed by atoms with Crippen LogP contribution < -0.4 is 10.1 Å². The first-order valence-corrected chi connectivity index (χ1v) is 10.0. The van der Waals surface area contributed by atoms with Crippen molar-refractivity contribution >= 4 is 17.3 Å². The van der Waals surface area contributed by atoms with Gasteiger partial charge in [-0.1, -0.05) is 6.07 Å². The third-order valence-electron chi connectivity index (χ3n) is 5.05. The highest BCUT2D eigenvalue weighted by Gasteiger charge is 2.40. The number of thiocarbonyl (C=S) groups is 1. The van der Waals surface area contributed by atoms with Crippen LogP contribution in [0.15, 0.2) is 67.0 Å². The molecule has 0 unspecified atom stereocenters. The summed E-state index contributed by atoms with van der Waals surface area (Å²) in [5.41, 5.74) is 3.26. The van der Waals surface area contributed by atoms with Crippen molar-refractivity contribution in [1.82, 2.24) is 19.8 Å². The summed E-state index contributed by atoms with van der Waals surface area (Å²) >= 11 is 5.64. The first-order valence-electron chi connectivity index (χ1n) is 9.61. The molecule has 6 heteroatoms. The number of ether oxygens (including phenoxy) is 1. The average Bonchev–Trinajstić information content (AvgIpc) is 3.33. The molecular weight excluding hydrogens is 368 g/mol. The van der Waals surface area contributed by atoms with E-state index in [1.54, 1.807) is 0 Å². The Morgan fingerprint density at radius 2 is 1.89 bits per heavy atom. The molecule has 2 atom stereocenters. The van der Waals surface area contributed by atoms with E-state index in [0.717, 1.165) is 28.8 Å².